The Morgan fingerprint density at radius 1 is 1.75 bits per heavy atom. The van der Waals surface area contributed by atoms with E-state index in [0.717, 1.165) is 11.9 Å². The van der Waals surface area contributed by atoms with Crippen molar-refractivity contribution in [2.24, 2.45) is 0 Å². The molecule has 0 aromatic rings. The monoisotopic (exact) mass is 131 g/mol. The number of rotatable bonds is 0. The summed E-state index contributed by atoms with van der Waals surface area (Å²) in [6.45, 7) is 0. The van der Waals surface area contributed by atoms with Gasteiger partial charge in [-0.15, -0.1) is 0 Å². The summed E-state index contributed by atoms with van der Waals surface area (Å²) >= 11 is 0.988. The fourth-order valence-corrected chi connectivity index (χ4v) is 0.829. The first kappa shape index (κ1) is 5.68. The van der Waals surface area contributed by atoms with Gasteiger partial charge in [0.2, 0.25) is 0 Å². The van der Waals surface area contributed by atoms with Crippen molar-refractivity contribution in [1.82, 2.24) is 0 Å². The first-order valence-corrected chi connectivity index (χ1v) is 2.95. The van der Waals surface area contributed by atoms with Crippen molar-refractivity contribution < 1.29 is 9.58 Å². The van der Waals surface area contributed by atoms with Gasteiger partial charge in [0.05, 0.1) is 0 Å². The zero-order valence-corrected chi connectivity index (χ0v) is 4.81. The van der Waals surface area contributed by atoms with Crippen molar-refractivity contribution in [3.63, 3.8) is 0 Å². The molecule has 1 unspecified atom stereocenters. The third-order valence-corrected chi connectivity index (χ3v) is 1.43. The van der Waals surface area contributed by atoms with Gasteiger partial charge in [-0.1, -0.05) is 0 Å². The molecule has 0 aromatic carbocycles. The summed E-state index contributed by atoms with van der Waals surface area (Å²) in [5.74, 6) is -0.169. The second-order valence-corrected chi connectivity index (χ2v) is 2.16. The van der Waals surface area contributed by atoms with Crippen molar-refractivity contribution in [1.29, 1.82) is 0 Å². The topological polar surface area (TPSA) is 47.7 Å². The lowest BCUT2D eigenvalue weighted by Gasteiger charge is -2.16. The second kappa shape index (κ2) is 2.21. The van der Waals surface area contributed by atoms with Crippen molar-refractivity contribution >= 4 is 11.9 Å². The molecule has 1 aliphatic heterocycles. The molecule has 0 saturated carbocycles. The molecular weight excluding hydrogens is 126 g/mol. The maximum atomic E-state index is 10.4. The second-order valence-electron chi connectivity index (χ2n) is 1.29. The SMILES string of the molecule is [O-][NH+]1SC=CC=C1O. The molecule has 44 valence electrons. The van der Waals surface area contributed by atoms with Gasteiger partial charge in [-0.25, -0.2) is 4.47 Å². The highest BCUT2D eigenvalue weighted by Gasteiger charge is 2.04. The Kier molecular flexibility index (Phi) is 1.57. The maximum absolute atomic E-state index is 10.4. The Labute approximate surface area is 51.0 Å². The van der Waals surface area contributed by atoms with Crippen LogP contribution in [0.15, 0.2) is 23.4 Å². The Hall–Kier alpha value is -0.450. The zero-order valence-electron chi connectivity index (χ0n) is 4.00. The van der Waals surface area contributed by atoms with Crippen LogP contribution in [0.25, 0.3) is 0 Å². The van der Waals surface area contributed by atoms with Crippen molar-refractivity contribution in [3.05, 3.63) is 28.7 Å². The van der Waals surface area contributed by atoms with Gasteiger partial charge < -0.3 is 10.3 Å². The molecule has 0 bridgehead atoms. The smallest absolute Gasteiger partial charge is 0.299 e. The molecule has 0 aromatic heterocycles. The largest absolute Gasteiger partial charge is 0.614 e. The zero-order chi connectivity index (χ0) is 5.98. The number of aliphatic hydroxyl groups is 1. The average Bonchev–Trinajstić information content (AvgIpc) is 1.77. The molecule has 4 heteroatoms. The molecule has 1 atom stereocenters. The minimum absolute atomic E-state index is 0.169. The Balaban J connectivity index is 2.66. The number of quaternary nitrogens is 1. The summed E-state index contributed by atoms with van der Waals surface area (Å²) in [6.07, 6.45) is 3.00. The van der Waals surface area contributed by atoms with Gasteiger partial charge in [0.25, 0.3) is 5.88 Å². The highest BCUT2D eigenvalue weighted by atomic mass is 32.2. The summed E-state index contributed by atoms with van der Waals surface area (Å²) in [6, 6.07) is 0. The molecule has 0 fully saturated rings. The summed E-state index contributed by atoms with van der Waals surface area (Å²) in [5, 5.41) is 20.6. The number of hydrogen-bond acceptors (Lipinski definition) is 3. The standard InChI is InChI=1S/C4H5NO2S/c6-4-2-1-3-8-5(4)7/h1-3,5-6H. The molecule has 3 nitrogen and oxygen atoms in total. The van der Waals surface area contributed by atoms with E-state index in [1.807, 2.05) is 0 Å². The number of allylic oxidation sites excluding steroid dienone is 2. The molecule has 0 amide bonds. The minimum Gasteiger partial charge on any atom is -0.614 e. The lowest BCUT2D eigenvalue weighted by Crippen LogP contribution is -2.98. The van der Waals surface area contributed by atoms with Gasteiger partial charge >= 0.3 is 0 Å². The van der Waals surface area contributed by atoms with Gasteiger partial charge in [0.15, 0.2) is 0 Å². The van der Waals surface area contributed by atoms with Crippen LogP contribution in [0.2, 0.25) is 0 Å². The molecule has 0 spiro atoms. The molecule has 0 saturated heterocycles. The van der Waals surface area contributed by atoms with Crippen LogP contribution in [0.5, 0.6) is 0 Å². The maximum Gasteiger partial charge on any atom is 0.299 e. The van der Waals surface area contributed by atoms with Gasteiger partial charge in [-0.3, -0.25) is 0 Å². The molecule has 1 aliphatic rings. The van der Waals surface area contributed by atoms with Crippen LogP contribution in [0, 0.1) is 5.21 Å². The highest BCUT2D eigenvalue weighted by molar-refractivity contribution is 7.96. The van der Waals surface area contributed by atoms with Gasteiger partial charge in [0, 0.05) is 11.5 Å². The Bertz CT molecular complexity index is 143. The van der Waals surface area contributed by atoms with E-state index in [0.29, 0.717) is 0 Å². The quantitative estimate of drug-likeness (QED) is 0.358. The third-order valence-electron chi connectivity index (χ3n) is 0.717. The molecule has 1 heterocycles. The van der Waals surface area contributed by atoms with E-state index in [1.165, 1.54) is 6.08 Å². The van der Waals surface area contributed by atoms with Crippen molar-refractivity contribution in [3.8, 4) is 0 Å². The van der Waals surface area contributed by atoms with E-state index in [4.69, 9.17) is 5.11 Å². The van der Waals surface area contributed by atoms with E-state index < -0.39 is 0 Å². The number of hydroxylamine groups is 1. The number of nitrogens with one attached hydrogen (secondary N) is 1. The van der Waals surface area contributed by atoms with E-state index in [1.54, 1.807) is 11.5 Å². The van der Waals surface area contributed by atoms with E-state index >= 15 is 0 Å². The van der Waals surface area contributed by atoms with E-state index in [9.17, 15) is 5.21 Å². The average molecular weight is 131 g/mol. The Morgan fingerprint density at radius 2 is 2.50 bits per heavy atom. The molecule has 1 rings (SSSR count). The van der Waals surface area contributed by atoms with Crippen LogP contribution < -0.4 is 4.47 Å². The molecule has 0 radical (unpaired) electrons. The third kappa shape index (κ3) is 1.03. The van der Waals surface area contributed by atoms with Gasteiger partial charge in [0.1, 0.15) is 11.9 Å². The highest BCUT2D eigenvalue weighted by Crippen LogP contribution is 1.97. The minimum atomic E-state index is -0.285. The van der Waals surface area contributed by atoms with Gasteiger partial charge in [-0.05, 0) is 6.08 Å². The summed E-state index contributed by atoms with van der Waals surface area (Å²) in [5.41, 5.74) is 0. The molecular formula is C4H5NO2S. The first-order chi connectivity index (χ1) is 3.80. The van der Waals surface area contributed by atoms with E-state index in [2.05, 4.69) is 0 Å². The van der Waals surface area contributed by atoms with E-state index in [-0.39, 0.29) is 10.4 Å². The van der Waals surface area contributed by atoms with Gasteiger partial charge in [-0.2, -0.15) is 0 Å². The fraction of sp³-hybridized carbons (Fsp3) is 0. The summed E-state index contributed by atoms with van der Waals surface area (Å²) in [7, 11) is 0. The summed E-state index contributed by atoms with van der Waals surface area (Å²) in [4.78, 5) is 0. The Morgan fingerprint density at radius 3 is 2.88 bits per heavy atom. The van der Waals surface area contributed by atoms with Crippen LogP contribution in [-0.4, -0.2) is 5.11 Å². The molecule has 8 heavy (non-hydrogen) atoms. The van der Waals surface area contributed by atoms with Crippen LogP contribution in [-0.2, 0) is 0 Å². The number of hydrogen-bond donors (Lipinski definition) is 2. The van der Waals surface area contributed by atoms with Crippen LogP contribution in [0.1, 0.15) is 0 Å². The normalized spacial score (nSPS) is 27.6. The van der Waals surface area contributed by atoms with Crippen LogP contribution >= 0.6 is 11.9 Å². The molecule has 2 N–H and O–H groups in total. The van der Waals surface area contributed by atoms with Crippen molar-refractivity contribution in [2.75, 3.05) is 0 Å². The first-order valence-electron chi connectivity index (χ1n) is 2.07. The van der Waals surface area contributed by atoms with Crippen LogP contribution in [0.4, 0.5) is 0 Å². The lowest BCUT2D eigenvalue weighted by atomic mass is 10.6. The predicted octanol–water partition coefficient (Wildman–Crippen LogP) is -0.0560. The van der Waals surface area contributed by atoms with Crippen molar-refractivity contribution in [2.45, 2.75) is 0 Å². The predicted molar refractivity (Wildman–Crippen MR) is 31.8 cm³/mol. The summed E-state index contributed by atoms with van der Waals surface area (Å²) < 4.78 is -0.285. The number of aliphatic hydroxyl groups excluding tert-OH is 1. The fourth-order valence-electron chi connectivity index (χ4n) is 0.360. The molecule has 0 aliphatic carbocycles. The lowest BCUT2D eigenvalue weighted by molar-refractivity contribution is -0.668. The van der Waals surface area contributed by atoms with Crippen LogP contribution in [0.3, 0.4) is 0 Å².